The second kappa shape index (κ2) is 39.6. The van der Waals surface area contributed by atoms with E-state index in [1.54, 1.807) is 87.5 Å². The molecule has 12 aromatic heterocycles. The SMILES string of the molecule is CCCCNc1nccc(-c2c(-c3ccc(F)cc3)nc3n2[C@H](Cn2ccc4c(OC)cccc42)CC3)n1.CCNc1nccc(-c2c(-c3ccc(F)cc3)nc3n2[C@H](Cn2ccc4c(Cl)cccc42)CC3)n1.CNc1nccc(-c2c(-c3ccc(F)cc3)nc3n2[C@H](Cn2ccc4c(Cl)cccc42)CC3)n1.Nc1nccc(-c2c(-c3ccc(F)cc3)nc3n2[C@H](Cn2ccc4c(Cl)cccc42)CC3)n1. The Morgan fingerprint density at radius 3 is 0.993 bits per heavy atom. The van der Waals surface area contributed by atoms with Crippen molar-refractivity contribution in [1.82, 2.24) is 96.3 Å². The summed E-state index contributed by atoms with van der Waals surface area (Å²) in [6.45, 7) is 8.86. The lowest BCUT2D eigenvalue weighted by atomic mass is 10.1. The van der Waals surface area contributed by atoms with Crippen LogP contribution in [0.25, 0.3) is 134 Å². The van der Waals surface area contributed by atoms with Crippen molar-refractivity contribution < 1.29 is 22.3 Å². The summed E-state index contributed by atoms with van der Waals surface area (Å²) in [7, 11) is 3.50. The molecule has 0 unspecified atom stereocenters. The molecule has 25 nitrogen and oxygen atoms in total. The first kappa shape index (κ1) is 91.1. The number of aryl methyl sites for hydroxylation is 4. The maximum atomic E-state index is 13.8. The first-order valence-electron chi connectivity index (χ1n) is 47.0. The summed E-state index contributed by atoms with van der Waals surface area (Å²) in [5, 5.41) is 16.1. The molecule has 16 heterocycles. The highest BCUT2D eigenvalue weighted by molar-refractivity contribution is 6.36. The molecule has 0 fully saturated rings. The van der Waals surface area contributed by atoms with Crippen molar-refractivity contribution in [3.8, 4) is 96.3 Å². The largest absolute Gasteiger partial charge is 0.496 e. The number of methoxy groups -OCH3 is 1. The number of nitrogens with one attached hydrogen (secondary N) is 3. The van der Waals surface area contributed by atoms with Crippen LogP contribution < -0.4 is 26.4 Å². The van der Waals surface area contributed by atoms with Crippen molar-refractivity contribution in [2.24, 2.45) is 0 Å². The van der Waals surface area contributed by atoms with Crippen LogP contribution in [0.2, 0.25) is 15.1 Å². The molecule has 8 aromatic carbocycles. The maximum absolute atomic E-state index is 13.8. The zero-order valence-electron chi connectivity index (χ0n) is 77.1. The van der Waals surface area contributed by atoms with Crippen LogP contribution in [-0.4, -0.2) is 124 Å². The third-order valence-electron chi connectivity index (χ3n) is 26.6. The second-order valence-electron chi connectivity index (χ2n) is 35.1. The summed E-state index contributed by atoms with van der Waals surface area (Å²) >= 11 is 19.2. The van der Waals surface area contributed by atoms with Gasteiger partial charge in [-0.3, -0.25) is 0 Å². The molecule has 24 rings (SSSR count). The van der Waals surface area contributed by atoms with Crippen LogP contribution in [0.1, 0.15) is 99.8 Å². The Bertz CT molecular complexity index is 7940. The van der Waals surface area contributed by atoms with E-state index in [1.165, 1.54) is 48.5 Å². The van der Waals surface area contributed by atoms with E-state index >= 15 is 0 Å². The fourth-order valence-corrected chi connectivity index (χ4v) is 20.8. The number of halogens is 7. The van der Waals surface area contributed by atoms with Gasteiger partial charge in [-0.15, -0.1) is 0 Å². The smallest absolute Gasteiger partial charge is 0.223 e. The summed E-state index contributed by atoms with van der Waals surface area (Å²) in [4.78, 5) is 56.1. The molecule has 4 atom stereocenters. The molecule has 0 spiro atoms. The average molecular weight is 1930 g/mol. The van der Waals surface area contributed by atoms with Crippen molar-refractivity contribution in [2.45, 2.75) is 128 Å². The normalized spacial score (nSPS) is 15.0. The number of hydrogen-bond donors (Lipinski definition) is 4. The van der Waals surface area contributed by atoms with Gasteiger partial charge in [-0.1, -0.05) is 72.4 Å². The number of aromatic nitrogens is 20. The molecule has 4 aliphatic heterocycles. The van der Waals surface area contributed by atoms with Crippen molar-refractivity contribution in [3.05, 3.63) is 330 Å². The number of nitrogens with zero attached hydrogens (tertiary/aromatic N) is 20. The minimum absolute atomic E-state index is 0.169. The number of anilines is 4. The quantitative estimate of drug-likeness (QED) is 0.0323. The van der Waals surface area contributed by atoms with E-state index in [4.69, 9.17) is 80.2 Å². The van der Waals surface area contributed by atoms with E-state index in [2.05, 4.69) is 158 Å². The highest BCUT2D eigenvalue weighted by atomic mass is 35.5. The second-order valence-corrected chi connectivity index (χ2v) is 36.3. The Morgan fingerprint density at radius 2 is 0.664 bits per heavy atom. The fraction of sp³-hybridized carbons (Fsp3) is 0.222. The maximum Gasteiger partial charge on any atom is 0.223 e. The van der Waals surface area contributed by atoms with E-state index in [0.717, 1.165) is 276 Å². The Labute approximate surface area is 818 Å². The molecule has 0 aliphatic carbocycles. The molecule has 0 saturated carbocycles. The third-order valence-corrected chi connectivity index (χ3v) is 27.5. The number of imidazole rings is 4. The molecular formula is C108H97Cl3F4N24O. The van der Waals surface area contributed by atoms with Crippen molar-refractivity contribution >= 4 is 102 Å². The monoisotopic (exact) mass is 1930 g/mol. The van der Waals surface area contributed by atoms with Gasteiger partial charge in [-0.2, -0.15) is 0 Å². The standard InChI is InChI=1S/C30H31FN6O.C27H24ClFN6.C26H22ClFN6.C25H20ClFN6/c1-3-4-16-32-30-33-17-14-24(34-30)29-28(20-8-10-21(31)11-9-20)35-27-13-12-22(37(27)29)19-36-18-15-23-25(36)6-5-7-26(23)38-2;1-2-30-27-31-14-12-22(32-27)26-25(17-6-8-18(29)9-7-17)33-24-11-10-19(35(24)26)16-34-15-13-20-21(28)4-3-5-23(20)34;1-29-26-30-13-11-21(31-26)25-24(16-5-7-17(28)8-6-16)32-23-10-9-18(34(23)25)15-33-14-12-19-20(27)3-2-4-22(19)33;26-19-2-1-3-21-18(19)11-13-32(21)14-17-8-9-22-31-23(15-4-6-16(27)7-5-15)24(33(17)22)20-10-12-29-25(28)30-20/h5-11,14-15,17-18,22H,3-4,12-13,16,19H2,1-2H3,(H,32,33,34);3-9,12-15,19H,2,10-11,16H2,1H3,(H,30,31,32);2-8,11-14,18H,9-10,15H2,1H3,(H,29,30,31);1-7,10-13,17H,8-9,14H2,(H2,28,29,30)/t22-;19-;18-;17-/m0000/s1. The van der Waals surface area contributed by atoms with Crippen LogP contribution in [0.3, 0.4) is 0 Å². The number of nitrogens with two attached hydrogens (primary N) is 1. The van der Waals surface area contributed by atoms with Gasteiger partial charge >= 0.3 is 0 Å². The summed E-state index contributed by atoms with van der Waals surface area (Å²) in [6, 6.07) is 66.7. The van der Waals surface area contributed by atoms with E-state index < -0.39 is 0 Å². The molecule has 704 valence electrons. The first-order valence-corrected chi connectivity index (χ1v) is 48.2. The third kappa shape index (κ3) is 18.1. The summed E-state index contributed by atoms with van der Waals surface area (Å²) in [6.07, 6.45) is 24.8. The van der Waals surface area contributed by atoms with Gasteiger partial charge in [0.2, 0.25) is 23.8 Å². The average Bonchev–Trinajstić information content (AvgIpc) is 1.60. The minimum Gasteiger partial charge on any atom is -0.496 e. The molecule has 20 aromatic rings. The summed E-state index contributed by atoms with van der Waals surface area (Å²) in [5.41, 5.74) is 23.8. The Kier molecular flexibility index (Phi) is 25.8. The van der Waals surface area contributed by atoms with Gasteiger partial charge in [0.05, 0.1) is 105 Å². The molecule has 140 heavy (non-hydrogen) atoms. The topological polar surface area (TPSA) is 265 Å². The molecule has 32 heteroatoms. The Morgan fingerprint density at radius 1 is 0.357 bits per heavy atom. The Balaban J connectivity index is 0.000000111. The molecule has 0 bridgehead atoms. The van der Waals surface area contributed by atoms with E-state index in [-0.39, 0.29) is 53.4 Å². The summed E-state index contributed by atoms with van der Waals surface area (Å²) in [5.74, 6) is 5.75. The molecular weight excluding hydrogens is 1830 g/mol. The molecule has 0 radical (unpaired) electrons. The highest BCUT2D eigenvalue weighted by Crippen LogP contribution is 2.47. The predicted octanol–water partition coefficient (Wildman–Crippen LogP) is 24.4. The molecule has 5 N–H and O–H groups in total. The van der Waals surface area contributed by atoms with Gasteiger partial charge in [0.15, 0.2) is 0 Å². The highest BCUT2D eigenvalue weighted by Gasteiger charge is 2.37. The van der Waals surface area contributed by atoms with Crippen LogP contribution >= 0.6 is 34.8 Å². The van der Waals surface area contributed by atoms with Gasteiger partial charge in [0.25, 0.3) is 0 Å². The Hall–Kier alpha value is -15.3. The van der Waals surface area contributed by atoms with Gasteiger partial charge in [-0.25, -0.2) is 77.4 Å². The van der Waals surface area contributed by atoms with Crippen LogP contribution in [0.4, 0.5) is 41.4 Å². The number of nitrogen functional groups attached to an aromatic ring is 1. The number of hydrogen-bond acceptors (Lipinski definition) is 17. The number of benzene rings is 8. The fourth-order valence-electron chi connectivity index (χ4n) is 20.1. The van der Waals surface area contributed by atoms with Gasteiger partial charge in [-0.05, 0) is 233 Å². The van der Waals surface area contributed by atoms with Crippen molar-refractivity contribution in [2.75, 3.05) is 48.9 Å². The predicted molar refractivity (Wildman–Crippen MR) is 545 cm³/mol. The van der Waals surface area contributed by atoms with Crippen molar-refractivity contribution in [1.29, 1.82) is 0 Å². The minimum atomic E-state index is -0.283. The van der Waals surface area contributed by atoms with Gasteiger partial charge < -0.3 is 63.0 Å². The van der Waals surface area contributed by atoms with Crippen LogP contribution in [0.5, 0.6) is 5.75 Å². The molecule has 0 saturated heterocycles. The van der Waals surface area contributed by atoms with Gasteiger partial charge in [0.1, 0.15) is 52.3 Å². The zero-order valence-corrected chi connectivity index (χ0v) is 79.4. The molecule has 4 aliphatic rings. The van der Waals surface area contributed by atoms with Crippen molar-refractivity contribution in [3.63, 3.8) is 0 Å². The number of fused-ring (bicyclic) bond motifs is 8. The lowest BCUT2D eigenvalue weighted by Gasteiger charge is -2.19. The van der Waals surface area contributed by atoms with E-state index in [1.807, 2.05) is 79.7 Å². The number of rotatable bonds is 24. The lowest BCUT2D eigenvalue weighted by molar-refractivity contribution is 0.419. The van der Waals surface area contributed by atoms with Crippen LogP contribution in [0, 0.1) is 23.3 Å². The van der Waals surface area contributed by atoms with Crippen LogP contribution in [-0.2, 0) is 51.9 Å². The zero-order chi connectivity index (χ0) is 95.8. The van der Waals surface area contributed by atoms with E-state index in [0.29, 0.717) is 23.5 Å². The lowest BCUT2D eigenvalue weighted by Crippen LogP contribution is -2.14. The number of unbranched alkanes of at least 4 members (excludes halogenated alkanes) is 1. The van der Waals surface area contributed by atoms with Crippen LogP contribution in [0.15, 0.2) is 268 Å². The van der Waals surface area contributed by atoms with Gasteiger partial charge in [0, 0.05) is 197 Å². The van der Waals surface area contributed by atoms with E-state index in [9.17, 15) is 17.6 Å². The first-order chi connectivity index (χ1) is 68.5. The summed E-state index contributed by atoms with van der Waals surface area (Å²) < 4.78 is 78.5. The number of ether oxygens (including phenoxy) is 1. The molecule has 0 amide bonds.